The molecule has 1 saturated carbocycles. The Labute approximate surface area is 148 Å². The molecule has 2 aliphatic carbocycles. The quantitative estimate of drug-likeness (QED) is 0.912. The Balaban J connectivity index is 2.27. The molecule has 1 N–H and O–H groups in total. The number of hydrogen-bond acceptors (Lipinski definition) is 5. The topological polar surface area (TPSA) is 102 Å². The van der Waals surface area contributed by atoms with Crippen molar-refractivity contribution in [3.8, 4) is 12.1 Å². The molecule has 1 heterocycles. The second-order valence-corrected chi connectivity index (χ2v) is 7.99. The average Bonchev–Trinajstić information content (AvgIpc) is 2.89. The van der Waals surface area contributed by atoms with Crippen LogP contribution in [0.2, 0.25) is 0 Å². The maximum absolute atomic E-state index is 13.3. The van der Waals surface area contributed by atoms with Crippen LogP contribution in [0.15, 0.2) is 0 Å². The van der Waals surface area contributed by atoms with E-state index in [9.17, 15) is 15.3 Å². The Morgan fingerprint density at radius 1 is 1.16 bits per heavy atom. The Bertz CT molecular complexity index is 847. The number of fused-ring (bicyclic) bond motifs is 5. The zero-order valence-corrected chi connectivity index (χ0v) is 15.4. The van der Waals surface area contributed by atoms with Crippen molar-refractivity contribution in [2.24, 2.45) is 5.41 Å². The number of nitriles is 2. The SMILES string of the molecule is CCC(C)NC(=O)C12CCC(C)(c3nc(C#N)c(C#N)nc31)C2(C)C. The molecule has 1 fully saturated rings. The second-order valence-electron chi connectivity index (χ2n) is 7.99. The first-order chi connectivity index (χ1) is 11.7. The third kappa shape index (κ3) is 1.86. The van der Waals surface area contributed by atoms with Gasteiger partial charge in [-0.25, -0.2) is 9.97 Å². The molecule has 1 aromatic heterocycles. The molecule has 0 aromatic carbocycles. The van der Waals surface area contributed by atoms with E-state index in [4.69, 9.17) is 0 Å². The van der Waals surface area contributed by atoms with Gasteiger partial charge in [0.25, 0.3) is 0 Å². The van der Waals surface area contributed by atoms with Gasteiger partial charge in [0.2, 0.25) is 5.91 Å². The zero-order valence-electron chi connectivity index (χ0n) is 15.4. The van der Waals surface area contributed by atoms with Crippen molar-refractivity contribution in [3.05, 3.63) is 22.8 Å². The Morgan fingerprint density at radius 2 is 1.72 bits per heavy atom. The van der Waals surface area contributed by atoms with E-state index in [1.54, 1.807) is 0 Å². The van der Waals surface area contributed by atoms with Crippen LogP contribution < -0.4 is 5.32 Å². The van der Waals surface area contributed by atoms with E-state index in [-0.39, 0.29) is 28.8 Å². The molecule has 3 atom stereocenters. The summed E-state index contributed by atoms with van der Waals surface area (Å²) in [5, 5.41) is 21.8. The zero-order chi connectivity index (χ0) is 18.6. The Morgan fingerprint density at radius 3 is 2.24 bits per heavy atom. The largest absolute Gasteiger partial charge is 0.353 e. The van der Waals surface area contributed by atoms with E-state index < -0.39 is 10.8 Å². The van der Waals surface area contributed by atoms with E-state index in [1.165, 1.54) is 0 Å². The highest BCUT2D eigenvalue weighted by Gasteiger charge is 2.73. The van der Waals surface area contributed by atoms with Crippen LogP contribution in [0, 0.1) is 28.1 Å². The lowest BCUT2D eigenvalue weighted by Gasteiger charge is -2.40. The molecular formula is C19H23N5O. The number of hydrogen-bond donors (Lipinski definition) is 1. The van der Waals surface area contributed by atoms with Crippen molar-refractivity contribution in [2.75, 3.05) is 0 Å². The maximum atomic E-state index is 13.3. The number of nitrogens with one attached hydrogen (secondary N) is 1. The summed E-state index contributed by atoms with van der Waals surface area (Å²) in [6.07, 6.45) is 2.33. The molecule has 25 heavy (non-hydrogen) atoms. The summed E-state index contributed by atoms with van der Waals surface area (Å²) in [5.41, 5.74) is -0.219. The van der Waals surface area contributed by atoms with E-state index >= 15 is 0 Å². The van der Waals surface area contributed by atoms with Crippen LogP contribution in [0.25, 0.3) is 0 Å². The highest BCUT2D eigenvalue weighted by molar-refractivity contribution is 5.92. The van der Waals surface area contributed by atoms with Crippen molar-refractivity contribution in [1.29, 1.82) is 10.5 Å². The van der Waals surface area contributed by atoms with Crippen molar-refractivity contribution in [2.45, 2.75) is 70.8 Å². The molecule has 0 aliphatic heterocycles. The van der Waals surface area contributed by atoms with E-state index in [0.717, 1.165) is 12.8 Å². The van der Waals surface area contributed by atoms with Gasteiger partial charge < -0.3 is 5.32 Å². The van der Waals surface area contributed by atoms with E-state index in [2.05, 4.69) is 36.1 Å². The molecule has 0 saturated heterocycles. The summed E-state index contributed by atoms with van der Waals surface area (Å²) < 4.78 is 0. The van der Waals surface area contributed by atoms with Crippen LogP contribution in [0.3, 0.4) is 0 Å². The number of carbonyl (C=O) groups excluding carboxylic acids is 1. The fourth-order valence-electron chi connectivity index (χ4n) is 4.59. The molecule has 0 spiro atoms. The van der Waals surface area contributed by atoms with Crippen LogP contribution in [-0.2, 0) is 15.6 Å². The smallest absolute Gasteiger partial charge is 0.233 e. The van der Waals surface area contributed by atoms with Crippen molar-refractivity contribution in [3.63, 3.8) is 0 Å². The van der Waals surface area contributed by atoms with Gasteiger partial charge in [-0.3, -0.25) is 4.79 Å². The molecule has 2 aliphatic rings. The lowest BCUT2D eigenvalue weighted by Crippen LogP contribution is -2.53. The average molecular weight is 337 g/mol. The third-order valence-corrected chi connectivity index (χ3v) is 6.86. The molecule has 2 bridgehead atoms. The van der Waals surface area contributed by atoms with E-state index in [0.29, 0.717) is 17.8 Å². The first-order valence-electron chi connectivity index (χ1n) is 8.73. The summed E-state index contributed by atoms with van der Waals surface area (Å²) in [7, 11) is 0. The normalized spacial score (nSPS) is 29.4. The number of rotatable bonds is 3. The molecule has 1 aromatic rings. The first-order valence-corrected chi connectivity index (χ1v) is 8.73. The molecule has 6 nitrogen and oxygen atoms in total. The van der Waals surface area contributed by atoms with Gasteiger partial charge in [-0.05, 0) is 31.6 Å². The van der Waals surface area contributed by atoms with Crippen molar-refractivity contribution in [1.82, 2.24) is 15.3 Å². The molecule has 130 valence electrons. The first kappa shape index (κ1) is 17.4. The minimum Gasteiger partial charge on any atom is -0.353 e. The van der Waals surface area contributed by atoms with Gasteiger partial charge in [-0.15, -0.1) is 0 Å². The Kier molecular flexibility index (Phi) is 3.65. The lowest BCUT2D eigenvalue weighted by atomic mass is 9.63. The van der Waals surface area contributed by atoms with Gasteiger partial charge in [0.15, 0.2) is 11.4 Å². The monoisotopic (exact) mass is 337 g/mol. The van der Waals surface area contributed by atoms with Gasteiger partial charge >= 0.3 is 0 Å². The van der Waals surface area contributed by atoms with Crippen LogP contribution >= 0.6 is 0 Å². The van der Waals surface area contributed by atoms with Crippen LogP contribution in [0.5, 0.6) is 0 Å². The highest BCUT2D eigenvalue weighted by Crippen LogP contribution is 2.70. The fraction of sp³-hybridized carbons (Fsp3) is 0.632. The van der Waals surface area contributed by atoms with Crippen LogP contribution in [0.4, 0.5) is 0 Å². The molecule has 0 radical (unpaired) electrons. The number of amides is 1. The second kappa shape index (κ2) is 5.26. The number of carbonyl (C=O) groups is 1. The highest BCUT2D eigenvalue weighted by atomic mass is 16.2. The van der Waals surface area contributed by atoms with Gasteiger partial charge in [0.05, 0.1) is 16.8 Å². The number of nitrogens with zero attached hydrogens (tertiary/aromatic N) is 4. The summed E-state index contributed by atoms with van der Waals surface area (Å²) in [6, 6.07) is 3.99. The Hall–Kier alpha value is -2.47. The number of aromatic nitrogens is 2. The molecular weight excluding hydrogens is 314 g/mol. The van der Waals surface area contributed by atoms with Crippen LogP contribution in [-0.4, -0.2) is 21.9 Å². The van der Waals surface area contributed by atoms with E-state index in [1.807, 2.05) is 26.0 Å². The van der Waals surface area contributed by atoms with Crippen LogP contribution in [0.1, 0.15) is 76.7 Å². The van der Waals surface area contributed by atoms with Crippen molar-refractivity contribution < 1.29 is 4.79 Å². The minimum absolute atomic E-state index is 0.00362. The molecule has 3 rings (SSSR count). The van der Waals surface area contributed by atoms with Crippen molar-refractivity contribution >= 4 is 5.91 Å². The predicted molar refractivity (Wildman–Crippen MR) is 91.4 cm³/mol. The standard InChI is InChI=1S/C19H23N5O/c1-6-11(2)22-16(25)19-8-7-18(5,17(19,3)4)14-15(19)24-13(10-21)12(9-20)23-14/h11H,6-8H2,1-5H3,(H,22,25). The fourth-order valence-corrected chi connectivity index (χ4v) is 4.59. The summed E-state index contributed by atoms with van der Waals surface area (Å²) in [4.78, 5) is 22.3. The minimum atomic E-state index is -0.812. The van der Waals surface area contributed by atoms with Gasteiger partial charge in [-0.2, -0.15) is 10.5 Å². The lowest BCUT2D eigenvalue weighted by molar-refractivity contribution is -0.131. The third-order valence-electron chi connectivity index (χ3n) is 6.86. The van der Waals surface area contributed by atoms with Gasteiger partial charge in [0, 0.05) is 11.5 Å². The van der Waals surface area contributed by atoms with Gasteiger partial charge in [0.1, 0.15) is 12.1 Å². The van der Waals surface area contributed by atoms with Gasteiger partial charge in [-0.1, -0.05) is 27.7 Å². The summed E-state index contributed by atoms with van der Waals surface area (Å²) >= 11 is 0. The molecule has 1 amide bonds. The predicted octanol–water partition coefficient (Wildman–Crippen LogP) is 2.46. The molecule has 3 unspecified atom stereocenters. The summed E-state index contributed by atoms with van der Waals surface area (Å²) in [6.45, 7) is 10.3. The maximum Gasteiger partial charge on any atom is 0.233 e. The summed E-state index contributed by atoms with van der Waals surface area (Å²) in [5.74, 6) is -0.0442. The molecule has 6 heteroatoms.